The molecule has 1 saturated heterocycles. The van der Waals surface area contributed by atoms with Gasteiger partial charge in [0.15, 0.2) is 0 Å². The number of amides is 1. The van der Waals surface area contributed by atoms with Crippen molar-refractivity contribution in [1.29, 1.82) is 0 Å². The molecular weight excluding hydrogens is 240 g/mol. The van der Waals surface area contributed by atoms with Crippen molar-refractivity contribution in [3.8, 4) is 0 Å². The Kier molecular flexibility index (Phi) is 7.34. The number of hydrogen-bond acceptors (Lipinski definition) is 4. The predicted molar refractivity (Wildman–Crippen MR) is 79.0 cm³/mol. The molecule has 0 radical (unpaired) electrons. The van der Waals surface area contributed by atoms with E-state index in [1.807, 2.05) is 0 Å². The monoisotopic (exact) mass is 270 g/mol. The van der Waals surface area contributed by atoms with E-state index in [9.17, 15) is 4.79 Å². The quantitative estimate of drug-likeness (QED) is 0.664. The molecule has 3 N–H and O–H groups in total. The third kappa shape index (κ3) is 5.47. The first kappa shape index (κ1) is 16.4. The molecule has 112 valence electrons. The van der Waals surface area contributed by atoms with Crippen LogP contribution < -0.4 is 11.1 Å². The number of likely N-dealkylation sites (N-methyl/N-ethyl adjacent to an activating group) is 2. The van der Waals surface area contributed by atoms with Gasteiger partial charge < -0.3 is 20.9 Å². The molecule has 0 spiro atoms. The Bertz CT molecular complexity index is 272. The van der Waals surface area contributed by atoms with Gasteiger partial charge in [0.2, 0.25) is 5.91 Å². The fourth-order valence-electron chi connectivity index (χ4n) is 2.66. The Morgan fingerprint density at radius 2 is 2.32 bits per heavy atom. The highest BCUT2D eigenvalue weighted by Gasteiger charge is 2.25. The molecular formula is C14H30N4O. The summed E-state index contributed by atoms with van der Waals surface area (Å²) in [7, 11) is 4.26. The largest absolute Gasteiger partial charge is 0.356 e. The Morgan fingerprint density at radius 3 is 2.84 bits per heavy atom. The van der Waals surface area contributed by atoms with Crippen LogP contribution in [0.1, 0.15) is 32.6 Å². The number of nitrogens with zero attached hydrogens (tertiary/aromatic N) is 2. The normalized spacial score (nSPS) is 21.8. The number of carbonyl (C=O) groups is 1. The van der Waals surface area contributed by atoms with Crippen molar-refractivity contribution in [3.63, 3.8) is 0 Å². The highest BCUT2D eigenvalue weighted by molar-refractivity contribution is 5.76. The van der Waals surface area contributed by atoms with E-state index in [2.05, 4.69) is 36.1 Å². The number of rotatable bonds is 8. The molecule has 0 bridgehead atoms. The van der Waals surface area contributed by atoms with Gasteiger partial charge in [-0.1, -0.05) is 6.92 Å². The van der Waals surface area contributed by atoms with Gasteiger partial charge in [-0.05, 0) is 39.9 Å². The lowest BCUT2D eigenvalue weighted by atomic mass is 10.1. The summed E-state index contributed by atoms with van der Waals surface area (Å²) in [6.45, 7) is 5.53. The van der Waals surface area contributed by atoms with Crippen molar-refractivity contribution in [2.24, 2.45) is 5.73 Å². The van der Waals surface area contributed by atoms with Crippen molar-refractivity contribution in [2.75, 3.05) is 40.3 Å². The van der Waals surface area contributed by atoms with E-state index in [1.54, 1.807) is 0 Å². The summed E-state index contributed by atoms with van der Waals surface area (Å²) < 4.78 is 0. The minimum atomic E-state index is 0.115. The van der Waals surface area contributed by atoms with Crippen LogP contribution in [0.5, 0.6) is 0 Å². The molecule has 1 aliphatic heterocycles. The van der Waals surface area contributed by atoms with E-state index in [1.165, 1.54) is 19.4 Å². The summed E-state index contributed by atoms with van der Waals surface area (Å²) in [5.41, 5.74) is 5.82. The van der Waals surface area contributed by atoms with Crippen molar-refractivity contribution >= 4 is 5.91 Å². The minimum Gasteiger partial charge on any atom is -0.356 e. The highest BCUT2D eigenvalue weighted by Crippen LogP contribution is 2.16. The van der Waals surface area contributed by atoms with Gasteiger partial charge in [0.05, 0.1) is 0 Å². The molecule has 1 heterocycles. The second kappa shape index (κ2) is 8.51. The molecule has 2 atom stereocenters. The van der Waals surface area contributed by atoms with Crippen molar-refractivity contribution in [1.82, 2.24) is 15.1 Å². The summed E-state index contributed by atoms with van der Waals surface area (Å²) in [6, 6.07) is 0.753. The van der Waals surface area contributed by atoms with Gasteiger partial charge in [-0.3, -0.25) is 4.79 Å². The Labute approximate surface area is 117 Å². The number of nitrogens with one attached hydrogen (secondary N) is 1. The molecule has 0 aliphatic carbocycles. The fraction of sp³-hybridized carbons (Fsp3) is 0.929. The summed E-state index contributed by atoms with van der Waals surface area (Å²) >= 11 is 0. The Hall–Kier alpha value is -0.650. The molecule has 0 saturated carbocycles. The lowest BCUT2D eigenvalue weighted by Crippen LogP contribution is -2.46. The molecule has 5 nitrogen and oxygen atoms in total. The summed E-state index contributed by atoms with van der Waals surface area (Å²) in [5.74, 6) is 0.115. The molecule has 1 aliphatic rings. The van der Waals surface area contributed by atoms with Crippen LogP contribution in [0.25, 0.3) is 0 Å². The molecule has 1 rings (SSSR count). The van der Waals surface area contributed by atoms with Gasteiger partial charge in [0, 0.05) is 38.1 Å². The van der Waals surface area contributed by atoms with Crippen LogP contribution in [0.3, 0.4) is 0 Å². The van der Waals surface area contributed by atoms with Crippen LogP contribution >= 0.6 is 0 Å². The van der Waals surface area contributed by atoms with E-state index in [0.717, 1.165) is 19.5 Å². The lowest BCUT2D eigenvalue weighted by Gasteiger charge is -2.31. The molecule has 0 aromatic rings. The third-order valence-electron chi connectivity index (χ3n) is 4.06. The summed E-state index contributed by atoms with van der Waals surface area (Å²) in [4.78, 5) is 16.4. The maximum atomic E-state index is 11.8. The third-order valence-corrected chi connectivity index (χ3v) is 4.06. The Balaban J connectivity index is 2.38. The number of nitrogens with two attached hydrogens (primary N) is 1. The molecule has 5 heteroatoms. The first-order valence-corrected chi connectivity index (χ1v) is 7.45. The second-order valence-electron chi connectivity index (χ2n) is 5.66. The van der Waals surface area contributed by atoms with Crippen LogP contribution in [0.2, 0.25) is 0 Å². The lowest BCUT2D eigenvalue weighted by molar-refractivity contribution is -0.122. The van der Waals surface area contributed by atoms with E-state index in [0.29, 0.717) is 19.0 Å². The molecule has 1 fully saturated rings. The van der Waals surface area contributed by atoms with Crippen molar-refractivity contribution < 1.29 is 4.79 Å². The molecule has 2 unspecified atom stereocenters. The standard InChI is InChI=1S/C14H30N4O/c1-4-7-16-14(19)9-13(10-15)18(3)11-12-6-5-8-17(12)2/h12-13H,4-11,15H2,1-3H3,(H,16,19). The van der Waals surface area contributed by atoms with Crippen LogP contribution in [0.4, 0.5) is 0 Å². The van der Waals surface area contributed by atoms with E-state index in [-0.39, 0.29) is 11.9 Å². The second-order valence-corrected chi connectivity index (χ2v) is 5.66. The summed E-state index contributed by atoms with van der Waals surface area (Å²) in [5, 5.41) is 2.92. The fourth-order valence-corrected chi connectivity index (χ4v) is 2.66. The van der Waals surface area contributed by atoms with Crippen LogP contribution in [0.15, 0.2) is 0 Å². The maximum absolute atomic E-state index is 11.8. The zero-order valence-electron chi connectivity index (χ0n) is 12.7. The average molecular weight is 270 g/mol. The number of carbonyl (C=O) groups excluding carboxylic acids is 1. The zero-order valence-corrected chi connectivity index (χ0v) is 12.7. The number of likely N-dealkylation sites (tertiary alicyclic amines) is 1. The van der Waals surface area contributed by atoms with Gasteiger partial charge in [-0.15, -0.1) is 0 Å². The predicted octanol–water partition coefficient (Wildman–Crippen LogP) is 0.256. The van der Waals surface area contributed by atoms with Crippen LogP contribution in [-0.2, 0) is 4.79 Å². The number of hydrogen-bond donors (Lipinski definition) is 2. The molecule has 19 heavy (non-hydrogen) atoms. The van der Waals surface area contributed by atoms with E-state index >= 15 is 0 Å². The van der Waals surface area contributed by atoms with Crippen molar-refractivity contribution in [3.05, 3.63) is 0 Å². The minimum absolute atomic E-state index is 0.115. The summed E-state index contributed by atoms with van der Waals surface area (Å²) in [6.07, 6.45) is 4.00. The van der Waals surface area contributed by atoms with Gasteiger partial charge >= 0.3 is 0 Å². The zero-order chi connectivity index (χ0) is 14.3. The van der Waals surface area contributed by atoms with Gasteiger partial charge in [-0.25, -0.2) is 0 Å². The first-order chi connectivity index (χ1) is 9.08. The molecule has 0 aromatic heterocycles. The SMILES string of the molecule is CCCNC(=O)CC(CN)N(C)CC1CCCN1C. The smallest absolute Gasteiger partial charge is 0.221 e. The van der Waals surface area contributed by atoms with Crippen LogP contribution in [0, 0.1) is 0 Å². The van der Waals surface area contributed by atoms with Gasteiger partial charge in [-0.2, -0.15) is 0 Å². The van der Waals surface area contributed by atoms with Crippen molar-refractivity contribution in [2.45, 2.75) is 44.7 Å². The topological polar surface area (TPSA) is 61.6 Å². The molecule has 1 amide bonds. The molecule has 0 aromatic carbocycles. The first-order valence-electron chi connectivity index (χ1n) is 7.45. The van der Waals surface area contributed by atoms with Gasteiger partial charge in [0.1, 0.15) is 0 Å². The van der Waals surface area contributed by atoms with Gasteiger partial charge in [0.25, 0.3) is 0 Å². The van der Waals surface area contributed by atoms with Crippen LogP contribution in [-0.4, -0.2) is 68.1 Å². The Morgan fingerprint density at radius 1 is 1.58 bits per heavy atom. The average Bonchev–Trinajstić information content (AvgIpc) is 2.79. The highest BCUT2D eigenvalue weighted by atomic mass is 16.1. The van der Waals surface area contributed by atoms with E-state index < -0.39 is 0 Å². The van der Waals surface area contributed by atoms with E-state index in [4.69, 9.17) is 5.73 Å². The maximum Gasteiger partial charge on any atom is 0.221 e.